The van der Waals surface area contributed by atoms with Gasteiger partial charge in [0, 0.05) is 23.3 Å². The fourth-order valence-electron chi connectivity index (χ4n) is 3.97. The van der Waals surface area contributed by atoms with Crippen LogP contribution in [0.4, 0.5) is 0 Å². The molecule has 0 aliphatic carbocycles. The number of aromatic nitrogens is 2. The van der Waals surface area contributed by atoms with E-state index in [0.717, 1.165) is 22.1 Å². The molecule has 0 fully saturated rings. The van der Waals surface area contributed by atoms with Crippen molar-refractivity contribution in [2.45, 2.75) is 24.8 Å². The summed E-state index contributed by atoms with van der Waals surface area (Å²) in [4.78, 5) is 30.6. The predicted molar refractivity (Wildman–Crippen MR) is 135 cm³/mol. The molecule has 0 amide bonds. The van der Waals surface area contributed by atoms with E-state index in [1.54, 1.807) is 23.8 Å². The largest absolute Gasteiger partial charge is 0.497 e. The maximum absolute atomic E-state index is 13.5. The van der Waals surface area contributed by atoms with Gasteiger partial charge in [-0.1, -0.05) is 42.1 Å². The molecule has 0 N–H and O–H groups in total. The molecule has 2 aromatic heterocycles. The van der Waals surface area contributed by atoms with Crippen molar-refractivity contribution in [1.82, 2.24) is 9.55 Å². The Morgan fingerprint density at radius 3 is 2.62 bits per heavy atom. The number of aryl methyl sites for hydroxylation is 2. The van der Waals surface area contributed by atoms with Crippen LogP contribution in [0.15, 0.2) is 85.9 Å². The van der Waals surface area contributed by atoms with Crippen molar-refractivity contribution in [3.63, 3.8) is 0 Å². The summed E-state index contributed by atoms with van der Waals surface area (Å²) in [5.74, 6) is 1.09. The molecule has 3 aromatic carbocycles. The van der Waals surface area contributed by atoms with Crippen molar-refractivity contribution in [2.24, 2.45) is 0 Å². The van der Waals surface area contributed by atoms with Crippen LogP contribution in [-0.2, 0) is 5.75 Å². The molecular weight excluding hydrogens is 448 g/mol. The van der Waals surface area contributed by atoms with Crippen molar-refractivity contribution in [2.75, 3.05) is 7.11 Å². The standard InChI is InChI=1S/C27H22N2O4S/c1-16-11-12-21-18(13-24(30)33-25(21)17(16)2)15-34-27-28-23-10-5-4-9-22(23)26(31)29(27)19-7-6-8-20(14-19)32-3/h4-14H,15H2,1-3H3. The first kappa shape index (κ1) is 22.0. The lowest BCUT2D eigenvalue weighted by Gasteiger charge is -2.14. The topological polar surface area (TPSA) is 74.3 Å². The number of fused-ring (bicyclic) bond motifs is 2. The second-order valence-corrected chi connectivity index (χ2v) is 8.96. The third-order valence-electron chi connectivity index (χ3n) is 5.93. The van der Waals surface area contributed by atoms with Gasteiger partial charge in [0.1, 0.15) is 11.3 Å². The van der Waals surface area contributed by atoms with Crippen LogP contribution in [0.1, 0.15) is 16.7 Å². The van der Waals surface area contributed by atoms with E-state index < -0.39 is 5.63 Å². The first-order valence-corrected chi connectivity index (χ1v) is 11.8. The molecule has 5 aromatic rings. The smallest absolute Gasteiger partial charge is 0.336 e. The summed E-state index contributed by atoms with van der Waals surface area (Å²) in [6.07, 6.45) is 0. The highest BCUT2D eigenvalue weighted by molar-refractivity contribution is 7.98. The van der Waals surface area contributed by atoms with Crippen molar-refractivity contribution in [3.8, 4) is 11.4 Å². The Hall–Kier alpha value is -3.84. The van der Waals surface area contributed by atoms with E-state index in [0.29, 0.717) is 38.8 Å². The molecule has 0 spiro atoms. The summed E-state index contributed by atoms with van der Waals surface area (Å²) in [5.41, 5.74) is 4.16. The molecule has 0 radical (unpaired) electrons. The predicted octanol–water partition coefficient (Wildman–Crippen LogP) is 5.41. The highest BCUT2D eigenvalue weighted by Crippen LogP contribution is 2.30. The average molecular weight is 471 g/mol. The Balaban J connectivity index is 1.66. The zero-order valence-electron chi connectivity index (χ0n) is 19.0. The van der Waals surface area contributed by atoms with Gasteiger partial charge in [0.25, 0.3) is 5.56 Å². The fourth-order valence-corrected chi connectivity index (χ4v) is 4.98. The van der Waals surface area contributed by atoms with E-state index >= 15 is 0 Å². The molecule has 170 valence electrons. The van der Waals surface area contributed by atoms with Crippen LogP contribution in [0, 0.1) is 13.8 Å². The van der Waals surface area contributed by atoms with Crippen LogP contribution < -0.4 is 15.9 Å². The van der Waals surface area contributed by atoms with E-state index in [4.69, 9.17) is 14.1 Å². The van der Waals surface area contributed by atoms with Crippen LogP contribution in [0.3, 0.4) is 0 Å². The van der Waals surface area contributed by atoms with Gasteiger partial charge in [0.05, 0.1) is 23.7 Å². The Kier molecular flexibility index (Phi) is 5.71. The van der Waals surface area contributed by atoms with Gasteiger partial charge in [0.15, 0.2) is 5.16 Å². The summed E-state index contributed by atoms with van der Waals surface area (Å²) in [6.45, 7) is 3.94. The molecule has 6 nitrogen and oxygen atoms in total. The highest BCUT2D eigenvalue weighted by atomic mass is 32.2. The number of para-hydroxylation sites is 1. The summed E-state index contributed by atoms with van der Waals surface area (Å²) >= 11 is 1.40. The lowest BCUT2D eigenvalue weighted by molar-refractivity contribution is 0.414. The Labute approximate surface area is 199 Å². The third kappa shape index (κ3) is 3.88. The minimum absolute atomic E-state index is 0.162. The Morgan fingerprint density at radius 2 is 1.79 bits per heavy atom. The fraction of sp³-hybridized carbons (Fsp3) is 0.148. The monoisotopic (exact) mass is 470 g/mol. The van der Waals surface area contributed by atoms with E-state index in [2.05, 4.69) is 0 Å². The molecule has 0 saturated carbocycles. The SMILES string of the molecule is COc1cccc(-n2c(SCc3cc(=O)oc4c(C)c(C)ccc34)nc3ccccc3c2=O)c1. The molecule has 2 heterocycles. The molecule has 0 bridgehead atoms. The maximum Gasteiger partial charge on any atom is 0.336 e. The van der Waals surface area contributed by atoms with Gasteiger partial charge in [-0.3, -0.25) is 9.36 Å². The van der Waals surface area contributed by atoms with E-state index in [-0.39, 0.29) is 5.56 Å². The Bertz CT molecular complexity index is 1670. The normalized spacial score (nSPS) is 11.3. The van der Waals surface area contributed by atoms with Crippen LogP contribution >= 0.6 is 11.8 Å². The first-order chi connectivity index (χ1) is 16.5. The molecule has 34 heavy (non-hydrogen) atoms. The number of thioether (sulfide) groups is 1. The van der Waals surface area contributed by atoms with Crippen molar-refractivity contribution >= 4 is 33.6 Å². The Morgan fingerprint density at radius 1 is 0.971 bits per heavy atom. The number of methoxy groups -OCH3 is 1. The number of benzene rings is 3. The van der Waals surface area contributed by atoms with Crippen molar-refractivity contribution in [1.29, 1.82) is 0 Å². The van der Waals surface area contributed by atoms with E-state index in [1.807, 2.05) is 62.4 Å². The lowest BCUT2D eigenvalue weighted by Crippen LogP contribution is -2.21. The number of nitrogens with zero attached hydrogens (tertiary/aromatic N) is 2. The first-order valence-electron chi connectivity index (χ1n) is 10.8. The maximum atomic E-state index is 13.5. The minimum atomic E-state index is -0.395. The molecule has 0 saturated heterocycles. The molecule has 0 aliphatic heterocycles. The molecule has 0 unspecified atom stereocenters. The molecule has 0 atom stereocenters. The van der Waals surface area contributed by atoms with E-state index in [9.17, 15) is 9.59 Å². The van der Waals surface area contributed by atoms with Gasteiger partial charge in [-0.25, -0.2) is 9.78 Å². The number of hydrogen-bond donors (Lipinski definition) is 0. The number of rotatable bonds is 5. The minimum Gasteiger partial charge on any atom is -0.497 e. The van der Waals surface area contributed by atoms with Crippen molar-refractivity contribution < 1.29 is 9.15 Å². The zero-order chi connectivity index (χ0) is 23.8. The quantitative estimate of drug-likeness (QED) is 0.194. The van der Waals surface area contributed by atoms with Gasteiger partial charge in [-0.2, -0.15) is 0 Å². The molecule has 0 aliphatic rings. The van der Waals surface area contributed by atoms with E-state index in [1.165, 1.54) is 17.8 Å². The van der Waals surface area contributed by atoms with Gasteiger partial charge in [-0.15, -0.1) is 0 Å². The van der Waals surface area contributed by atoms with Crippen LogP contribution in [0.2, 0.25) is 0 Å². The lowest BCUT2D eigenvalue weighted by atomic mass is 10.0. The highest BCUT2D eigenvalue weighted by Gasteiger charge is 2.16. The van der Waals surface area contributed by atoms with Crippen LogP contribution in [-0.4, -0.2) is 16.7 Å². The number of hydrogen-bond acceptors (Lipinski definition) is 6. The second-order valence-electron chi connectivity index (χ2n) is 8.02. The zero-order valence-corrected chi connectivity index (χ0v) is 19.8. The van der Waals surface area contributed by atoms with Crippen LogP contribution in [0.25, 0.3) is 27.6 Å². The summed E-state index contributed by atoms with van der Waals surface area (Å²) in [5, 5.41) is 1.94. The van der Waals surface area contributed by atoms with Gasteiger partial charge < -0.3 is 9.15 Å². The summed E-state index contributed by atoms with van der Waals surface area (Å²) in [6, 6.07) is 20.1. The van der Waals surface area contributed by atoms with Gasteiger partial charge in [0.2, 0.25) is 0 Å². The summed E-state index contributed by atoms with van der Waals surface area (Å²) in [7, 11) is 1.59. The second kappa shape index (κ2) is 8.83. The average Bonchev–Trinajstić information content (AvgIpc) is 2.85. The van der Waals surface area contributed by atoms with Gasteiger partial charge >= 0.3 is 5.63 Å². The van der Waals surface area contributed by atoms with Gasteiger partial charge in [-0.05, 0) is 54.8 Å². The van der Waals surface area contributed by atoms with Crippen molar-refractivity contribution in [3.05, 3.63) is 104 Å². The number of ether oxygens (including phenoxy) is 1. The third-order valence-corrected chi connectivity index (χ3v) is 6.92. The molecule has 7 heteroatoms. The summed E-state index contributed by atoms with van der Waals surface area (Å²) < 4.78 is 12.5. The molecular formula is C27H22N2O4S. The molecule has 5 rings (SSSR count). The van der Waals surface area contributed by atoms with Crippen LogP contribution in [0.5, 0.6) is 5.75 Å².